The van der Waals surface area contributed by atoms with Crippen LogP contribution in [-0.2, 0) is 0 Å². The Labute approximate surface area is 63.4 Å². The Morgan fingerprint density at radius 3 is 2.70 bits per heavy atom. The van der Waals surface area contributed by atoms with Gasteiger partial charge < -0.3 is 5.32 Å². The van der Waals surface area contributed by atoms with Gasteiger partial charge in [0, 0.05) is 6.04 Å². The van der Waals surface area contributed by atoms with Crippen LogP contribution in [0.1, 0.15) is 33.1 Å². The number of rotatable bonds is 5. The zero-order valence-corrected chi connectivity index (χ0v) is 6.98. The Morgan fingerprint density at radius 2 is 2.20 bits per heavy atom. The molecule has 0 amide bonds. The fourth-order valence-electron chi connectivity index (χ4n) is 1.02. The van der Waals surface area contributed by atoms with Crippen molar-refractivity contribution in [2.24, 2.45) is 0 Å². The largest absolute Gasteiger partial charge is 0.302 e. The Bertz CT molecular complexity index is 89.3. The first-order chi connectivity index (χ1) is 4.83. The van der Waals surface area contributed by atoms with Crippen molar-refractivity contribution in [3.8, 4) is 0 Å². The Hall–Kier alpha value is -0.0800. The minimum atomic E-state index is 0.507. The minimum Gasteiger partial charge on any atom is -0.302 e. The molecular weight excluding hydrogens is 124 g/mol. The van der Waals surface area contributed by atoms with Gasteiger partial charge in [-0.25, -0.2) is 0 Å². The van der Waals surface area contributed by atoms with Crippen LogP contribution in [0.25, 0.3) is 0 Å². The summed E-state index contributed by atoms with van der Waals surface area (Å²) in [6, 6.07) is 0.819. The minimum absolute atomic E-state index is 0.507. The maximum absolute atomic E-state index is 3.48. The molecule has 0 aromatic rings. The summed E-state index contributed by atoms with van der Waals surface area (Å²) in [5.41, 5.74) is 0. The Morgan fingerprint density at radius 1 is 1.50 bits per heavy atom. The van der Waals surface area contributed by atoms with Crippen molar-refractivity contribution in [2.75, 3.05) is 6.54 Å². The van der Waals surface area contributed by atoms with Crippen molar-refractivity contribution in [1.82, 2.24) is 10.6 Å². The molecule has 1 saturated carbocycles. The second-order valence-electron chi connectivity index (χ2n) is 3.12. The van der Waals surface area contributed by atoms with Crippen molar-refractivity contribution < 1.29 is 0 Å². The third-order valence-corrected chi connectivity index (χ3v) is 1.76. The zero-order valence-electron chi connectivity index (χ0n) is 6.98. The molecule has 1 aliphatic rings. The van der Waals surface area contributed by atoms with E-state index in [-0.39, 0.29) is 0 Å². The van der Waals surface area contributed by atoms with Crippen molar-refractivity contribution in [3.05, 3.63) is 0 Å². The van der Waals surface area contributed by atoms with Gasteiger partial charge >= 0.3 is 0 Å². The van der Waals surface area contributed by atoms with Gasteiger partial charge in [0.15, 0.2) is 0 Å². The summed E-state index contributed by atoms with van der Waals surface area (Å²) < 4.78 is 0. The number of nitrogens with one attached hydrogen (secondary N) is 2. The van der Waals surface area contributed by atoms with Crippen LogP contribution in [0.2, 0.25) is 0 Å². The smallest absolute Gasteiger partial charge is 0.0544 e. The highest BCUT2D eigenvalue weighted by Crippen LogP contribution is 2.18. The van der Waals surface area contributed by atoms with Crippen LogP contribution in [0.5, 0.6) is 0 Å². The molecule has 1 aliphatic carbocycles. The van der Waals surface area contributed by atoms with Gasteiger partial charge in [-0.3, -0.25) is 5.32 Å². The molecule has 0 heterocycles. The van der Waals surface area contributed by atoms with E-state index < -0.39 is 0 Å². The highest BCUT2D eigenvalue weighted by atomic mass is 15.1. The van der Waals surface area contributed by atoms with E-state index >= 15 is 0 Å². The molecular formula is C8H18N2. The third kappa shape index (κ3) is 3.18. The lowest BCUT2D eigenvalue weighted by atomic mass is 10.4. The van der Waals surface area contributed by atoms with Crippen molar-refractivity contribution in [3.63, 3.8) is 0 Å². The molecule has 2 nitrogen and oxygen atoms in total. The van der Waals surface area contributed by atoms with E-state index in [1.807, 2.05) is 0 Å². The molecule has 1 fully saturated rings. The third-order valence-electron chi connectivity index (χ3n) is 1.76. The molecule has 0 aliphatic heterocycles. The van der Waals surface area contributed by atoms with E-state index in [1.165, 1.54) is 19.3 Å². The quantitative estimate of drug-likeness (QED) is 0.561. The summed E-state index contributed by atoms with van der Waals surface area (Å²) in [6.45, 7) is 5.51. The summed E-state index contributed by atoms with van der Waals surface area (Å²) in [6.07, 6.45) is 4.47. The van der Waals surface area contributed by atoms with E-state index in [4.69, 9.17) is 0 Å². The average Bonchev–Trinajstić information content (AvgIpc) is 2.67. The maximum Gasteiger partial charge on any atom is 0.0544 e. The summed E-state index contributed by atoms with van der Waals surface area (Å²) in [5, 5.41) is 6.87. The van der Waals surface area contributed by atoms with Gasteiger partial charge in [0.1, 0.15) is 0 Å². The SMILES string of the molecule is CCCNC(C)NC1CC1. The van der Waals surface area contributed by atoms with Gasteiger partial charge in [-0.1, -0.05) is 6.92 Å². The summed E-state index contributed by atoms with van der Waals surface area (Å²) >= 11 is 0. The average molecular weight is 142 g/mol. The van der Waals surface area contributed by atoms with Crippen molar-refractivity contribution in [2.45, 2.75) is 45.3 Å². The fraction of sp³-hybridized carbons (Fsp3) is 1.00. The first kappa shape index (κ1) is 8.02. The van der Waals surface area contributed by atoms with Gasteiger partial charge in [0.05, 0.1) is 6.17 Å². The standard InChI is InChI=1S/C8H18N2/c1-3-6-9-7(2)10-8-4-5-8/h7-10H,3-6H2,1-2H3. The highest BCUT2D eigenvalue weighted by molar-refractivity contribution is 4.82. The van der Waals surface area contributed by atoms with Gasteiger partial charge in [0.2, 0.25) is 0 Å². The van der Waals surface area contributed by atoms with E-state index in [0.29, 0.717) is 6.17 Å². The zero-order chi connectivity index (χ0) is 7.40. The maximum atomic E-state index is 3.48. The van der Waals surface area contributed by atoms with E-state index in [2.05, 4.69) is 24.5 Å². The van der Waals surface area contributed by atoms with Crippen LogP contribution in [0.4, 0.5) is 0 Å². The molecule has 1 unspecified atom stereocenters. The predicted octanol–water partition coefficient (Wildman–Crippen LogP) is 1.08. The molecule has 60 valence electrons. The summed E-state index contributed by atoms with van der Waals surface area (Å²) in [5.74, 6) is 0. The molecule has 2 heteroatoms. The molecule has 2 N–H and O–H groups in total. The lowest BCUT2D eigenvalue weighted by Crippen LogP contribution is -2.41. The number of hydrogen-bond acceptors (Lipinski definition) is 2. The van der Waals surface area contributed by atoms with Crippen molar-refractivity contribution >= 4 is 0 Å². The second-order valence-corrected chi connectivity index (χ2v) is 3.12. The van der Waals surface area contributed by atoms with Gasteiger partial charge in [0.25, 0.3) is 0 Å². The lowest BCUT2D eigenvalue weighted by Gasteiger charge is -2.13. The molecule has 0 bridgehead atoms. The first-order valence-electron chi connectivity index (χ1n) is 4.32. The van der Waals surface area contributed by atoms with Crippen LogP contribution in [0, 0.1) is 0 Å². The Kier molecular flexibility index (Phi) is 3.16. The Balaban J connectivity index is 1.91. The monoisotopic (exact) mass is 142 g/mol. The predicted molar refractivity (Wildman–Crippen MR) is 43.9 cm³/mol. The van der Waals surface area contributed by atoms with Crippen LogP contribution >= 0.6 is 0 Å². The van der Waals surface area contributed by atoms with Crippen molar-refractivity contribution in [1.29, 1.82) is 0 Å². The molecule has 1 atom stereocenters. The molecule has 0 spiro atoms. The molecule has 10 heavy (non-hydrogen) atoms. The fourth-order valence-corrected chi connectivity index (χ4v) is 1.02. The molecule has 0 aromatic heterocycles. The summed E-state index contributed by atoms with van der Waals surface area (Å²) in [4.78, 5) is 0. The highest BCUT2D eigenvalue weighted by Gasteiger charge is 2.21. The van der Waals surface area contributed by atoms with Gasteiger partial charge in [-0.15, -0.1) is 0 Å². The molecule has 1 rings (SSSR count). The second kappa shape index (κ2) is 3.94. The molecule has 0 aromatic carbocycles. The van der Waals surface area contributed by atoms with Crippen LogP contribution < -0.4 is 10.6 Å². The van der Waals surface area contributed by atoms with Gasteiger partial charge in [-0.05, 0) is 32.7 Å². The van der Waals surface area contributed by atoms with E-state index in [9.17, 15) is 0 Å². The van der Waals surface area contributed by atoms with Crippen LogP contribution in [-0.4, -0.2) is 18.8 Å². The van der Waals surface area contributed by atoms with Crippen LogP contribution in [0.15, 0.2) is 0 Å². The number of hydrogen-bond donors (Lipinski definition) is 2. The normalized spacial score (nSPS) is 21.0. The van der Waals surface area contributed by atoms with Gasteiger partial charge in [-0.2, -0.15) is 0 Å². The molecule has 0 radical (unpaired) electrons. The topological polar surface area (TPSA) is 24.1 Å². The summed E-state index contributed by atoms with van der Waals surface area (Å²) in [7, 11) is 0. The molecule has 0 saturated heterocycles. The van der Waals surface area contributed by atoms with E-state index in [0.717, 1.165) is 12.6 Å². The first-order valence-corrected chi connectivity index (χ1v) is 4.32. The van der Waals surface area contributed by atoms with E-state index in [1.54, 1.807) is 0 Å². The van der Waals surface area contributed by atoms with Crippen LogP contribution in [0.3, 0.4) is 0 Å². The lowest BCUT2D eigenvalue weighted by molar-refractivity contribution is 0.451.